The zero-order chi connectivity index (χ0) is 31.2. The van der Waals surface area contributed by atoms with Gasteiger partial charge in [0, 0.05) is 30.1 Å². The summed E-state index contributed by atoms with van der Waals surface area (Å²) < 4.78 is 0. The Morgan fingerprint density at radius 1 is 0.929 bits per heavy atom. The van der Waals surface area contributed by atoms with Crippen LogP contribution in [0, 0.1) is 5.92 Å². The lowest BCUT2D eigenvalue weighted by Gasteiger charge is -2.27. The molecule has 13 N–H and O–H groups in total. The van der Waals surface area contributed by atoms with E-state index in [9.17, 15) is 24.3 Å². The molecule has 232 valence electrons. The number of aromatic nitrogens is 1. The fraction of sp³-hybridized carbons (Fsp3) is 0.536. The van der Waals surface area contributed by atoms with E-state index in [4.69, 9.17) is 22.9 Å². The molecule has 2 aromatic rings. The van der Waals surface area contributed by atoms with Gasteiger partial charge in [0.25, 0.3) is 0 Å². The highest BCUT2D eigenvalue weighted by atomic mass is 16.4. The third kappa shape index (κ3) is 10.7. The molecule has 0 aliphatic heterocycles. The van der Waals surface area contributed by atoms with Crippen LogP contribution in [-0.4, -0.2) is 77.0 Å². The van der Waals surface area contributed by atoms with Gasteiger partial charge in [0.1, 0.15) is 18.1 Å². The highest BCUT2D eigenvalue weighted by Crippen LogP contribution is 2.19. The minimum Gasteiger partial charge on any atom is -0.480 e. The number of carbonyl (C=O) groups is 4. The Hall–Kier alpha value is -4.17. The van der Waals surface area contributed by atoms with Gasteiger partial charge in [0.2, 0.25) is 17.7 Å². The summed E-state index contributed by atoms with van der Waals surface area (Å²) in [5.74, 6) is -3.39. The van der Waals surface area contributed by atoms with Crippen molar-refractivity contribution in [1.82, 2.24) is 20.9 Å². The Kier molecular flexibility index (Phi) is 13.7. The molecule has 1 aromatic heterocycles. The van der Waals surface area contributed by atoms with Crippen LogP contribution in [0.3, 0.4) is 0 Å². The quantitative estimate of drug-likeness (QED) is 0.0613. The number of amides is 3. The van der Waals surface area contributed by atoms with E-state index in [0.29, 0.717) is 38.8 Å². The summed E-state index contributed by atoms with van der Waals surface area (Å²) in [6.45, 7) is 4.19. The lowest BCUT2D eigenvalue weighted by atomic mass is 10.00. The molecule has 0 saturated heterocycles. The first-order valence-electron chi connectivity index (χ1n) is 14.1. The number of rotatable bonds is 18. The van der Waals surface area contributed by atoms with Crippen LogP contribution in [0.5, 0.6) is 0 Å². The van der Waals surface area contributed by atoms with Crippen LogP contribution < -0.4 is 38.9 Å². The molecule has 0 spiro atoms. The smallest absolute Gasteiger partial charge is 0.326 e. The maximum atomic E-state index is 13.3. The number of nitrogens with one attached hydrogen (secondary N) is 4. The van der Waals surface area contributed by atoms with E-state index in [1.807, 2.05) is 24.3 Å². The number of hydrogen-bond donors (Lipinski definition) is 9. The monoisotopic (exact) mass is 587 g/mol. The second-order valence-electron chi connectivity index (χ2n) is 10.6. The molecule has 0 aliphatic carbocycles. The number of benzene rings is 1. The predicted octanol–water partition coefficient (Wildman–Crippen LogP) is -0.585. The summed E-state index contributed by atoms with van der Waals surface area (Å²) in [6, 6.07) is 3.31. The average molecular weight is 588 g/mol. The second kappa shape index (κ2) is 16.9. The normalized spacial score (nSPS) is 14.0. The van der Waals surface area contributed by atoms with Crippen molar-refractivity contribution in [3.63, 3.8) is 0 Å². The molecule has 0 radical (unpaired) electrons. The minimum atomic E-state index is -1.23. The molecule has 4 unspecified atom stereocenters. The van der Waals surface area contributed by atoms with Gasteiger partial charge in [-0.2, -0.15) is 0 Å². The van der Waals surface area contributed by atoms with Crippen LogP contribution in [0.2, 0.25) is 0 Å². The van der Waals surface area contributed by atoms with Crippen molar-refractivity contribution in [2.24, 2.45) is 33.8 Å². The molecule has 1 aromatic carbocycles. The molecule has 1 heterocycles. The average Bonchev–Trinajstić information content (AvgIpc) is 3.35. The van der Waals surface area contributed by atoms with Gasteiger partial charge in [-0.1, -0.05) is 32.0 Å². The number of carboxylic acid groups (broad SMARTS) is 1. The number of unbranched alkanes of at least 4 members (excludes halogenated alkanes) is 1. The summed E-state index contributed by atoms with van der Waals surface area (Å²) in [4.78, 5) is 58.4. The molecule has 42 heavy (non-hydrogen) atoms. The number of H-pyrrole nitrogens is 1. The van der Waals surface area contributed by atoms with Crippen molar-refractivity contribution in [1.29, 1.82) is 0 Å². The largest absolute Gasteiger partial charge is 0.480 e. The second-order valence-corrected chi connectivity index (χ2v) is 10.6. The fourth-order valence-corrected chi connectivity index (χ4v) is 4.46. The minimum absolute atomic E-state index is 0.0443. The van der Waals surface area contributed by atoms with Gasteiger partial charge in [0.15, 0.2) is 5.96 Å². The van der Waals surface area contributed by atoms with E-state index in [1.165, 1.54) is 0 Å². The van der Waals surface area contributed by atoms with E-state index < -0.39 is 47.9 Å². The standard InChI is InChI=1S/C28H45N9O5/c1-16(2)23(26(40)36-22(27(41)42)14-17-15-34-20-10-4-3-8-18(17)20)37-25(39)21(11-5-6-12-29)35-24(38)19(30)9-7-13-33-28(31)32/h3-4,8,10,15-16,19,21-23,34H,5-7,9,11-14,29-30H2,1-2H3,(H,35,38)(H,36,40)(H,37,39)(H,41,42)(H4,31,32,33). The molecular formula is C28H45N9O5. The number of carboxylic acids is 1. The van der Waals surface area contributed by atoms with E-state index >= 15 is 0 Å². The summed E-state index contributed by atoms with van der Waals surface area (Å²) in [5, 5.41) is 18.7. The molecule has 14 nitrogen and oxygen atoms in total. The van der Waals surface area contributed by atoms with E-state index in [-0.39, 0.29) is 24.7 Å². The molecule has 0 fully saturated rings. The van der Waals surface area contributed by atoms with E-state index in [2.05, 4.69) is 25.9 Å². The van der Waals surface area contributed by atoms with Crippen LogP contribution in [0.25, 0.3) is 10.9 Å². The highest BCUT2D eigenvalue weighted by molar-refractivity contribution is 5.94. The maximum Gasteiger partial charge on any atom is 0.326 e. The topological polar surface area (TPSA) is 257 Å². The number of carbonyl (C=O) groups excluding carboxylic acids is 3. The number of nitrogens with zero attached hydrogens (tertiary/aromatic N) is 1. The number of fused-ring (bicyclic) bond motifs is 1. The van der Waals surface area contributed by atoms with Crippen LogP contribution in [0.1, 0.15) is 51.5 Å². The Labute approximate surface area is 245 Å². The van der Waals surface area contributed by atoms with Crippen molar-refractivity contribution >= 4 is 40.6 Å². The van der Waals surface area contributed by atoms with Crippen LogP contribution >= 0.6 is 0 Å². The molecule has 4 atom stereocenters. The van der Waals surface area contributed by atoms with Crippen molar-refractivity contribution in [2.75, 3.05) is 13.1 Å². The van der Waals surface area contributed by atoms with Gasteiger partial charge in [-0.15, -0.1) is 0 Å². The molecule has 0 saturated carbocycles. The van der Waals surface area contributed by atoms with Gasteiger partial charge in [-0.05, 0) is 56.2 Å². The number of hydrogen-bond acceptors (Lipinski definition) is 7. The Morgan fingerprint density at radius 2 is 1.62 bits per heavy atom. The molecule has 0 aliphatic rings. The van der Waals surface area contributed by atoms with Gasteiger partial charge in [-0.3, -0.25) is 19.4 Å². The van der Waals surface area contributed by atoms with Crippen molar-refractivity contribution in [3.05, 3.63) is 36.0 Å². The SMILES string of the molecule is CC(C)C(NC(=O)C(CCCCN)NC(=O)C(N)CCCN=C(N)N)C(=O)NC(Cc1c[nH]c2ccccc12)C(=O)O. The fourth-order valence-electron chi connectivity index (χ4n) is 4.46. The molecular weight excluding hydrogens is 542 g/mol. The van der Waals surface area contributed by atoms with E-state index in [1.54, 1.807) is 20.0 Å². The van der Waals surface area contributed by atoms with Crippen LogP contribution in [0.4, 0.5) is 0 Å². The Bertz CT molecular complexity index is 1230. The van der Waals surface area contributed by atoms with Crippen LogP contribution in [0.15, 0.2) is 35.5 Å². The number of para-hydroxylation sites is 1. The zero-order valence-electron chi connectivity index (χ0n) is 24.3. The molecule has 2 rings (SSSR count). The van der Waals surface area contributed by atoms with Crippen molar-refractivity contribution < 1.29 is 24.3 Å². The van der Waals surface area contributed by atoms with E-state index in [0.717, 1.165) is 16.5 Å². The van der Waals surface area contributed by atoms with Gasteiger partial charge in [-0.25, -0.2) is 4.79 Å². The lowest BCUT2D eigenvalue weighted by Crippen LogP contribution is -2.58. The van der Waals surface area contributed by atoms with Gasteiger partial charge >= 0.3 is 5.97 Å². The van der Waals surface area contributed by atoms with Crippen molar-refractivity contribution in [2.45, 2.75) is 76.5 Å². The summed E-state index contributed by atoms with van der Waals surface area (Å²) in [7, 11) is 0. The number of aliphatic imine (C=N–C) groups is 1. The van der Waals surface area contributed by atoms with Crippen LogP contribution in [-0.2, 0) is 25.6 Å². The molecule has 14 heteroatoms. The Morgan fingerprint density at radius 3 is 2.26 bits per heavy atom. The predicted molar refractivity (Wildman–Crippen MR) is 161 cm³/mol. The van der Waals surface area contributed by atoms with Gasteiger partial charge in [0.05, 0.1) is 6.04 Å². The highest BCUT2D eigenvalue weighted by Gasteiger charge is 2.32. The van der Waals surface area contributed by atoms with Crippen molar-refractivity contribution in [3.8, 4) is 0 Å². The third-order valence-electron chi connectivity index (χ3n) is 6.84. The summed E-state index contributed by atoms with van der Waals surface area (Å²) in [6.07, 6.45) is 3.99. The summed E-state index contributed by atoms with van der Waals surface area (Å²) >= 11 is 0. The molecule has 0 bridgehead atoms. The summed E-state index contributed by atoms with van der Waals surface area (Å²) in [5.41, 5.74) is 23.8. The number of aliphatic carboxylic acids is 1. The molecule has 3 amide bonds. The number of aromatic amines is 1. The zero-order valence-corrected chi connectivity index (χ0v) is 24.3. The first-order valence-corrected chi connectivity index (χ1v) is 14.1. The van der Waals surface area contributed by atoms with Gasteiger partial charge < -0.3 is 49.0 Å². The first kappa shape index (κ1) is 34.0. The number of nitrogens with two attached hydrogens (primary N) is 4. The Balaban J connectivity index is 2.10. The maximum absolute atomic E-state index is 13.3. The lowest BCUT2D eigenvalue weighted by molar-refractivity contribution is -0.142. The third-order valence-corrected chi connectivity index (χ3v) is 6.84. The number of guanidine groups is 1. The first-order chi connectivity index (χ1) is 19.9.